The fourth-order valence-electron chi connectivity index (χ4n) is 2.86. The van der Waals surface area contributed by atoms with Gasteiger partial charge in [-0.2, -0.15) is 0 Å². The molecule has 0 aromatic rings. The van der Waals surface area contributed by atoms with E-state index >= 15 is 0 Å². The van der Waals surface area contributed by atoms with Gasteiger partial charge in [0.2, 0.25) is 0 Å². The van der Waals surface area contributed by atoms with Crippen LogP contribution in [-0.4, -0.2) is 5.78 Å². The molecule has 3 atom stereocenters. The first kappa shape index (κ1) is 7.33. The molecule has 0 saturated heterocycles. The van der Waals surface area contributed by atoms with Crippen molar-refractivity contribution in [2.75, 3.05) is 0 Å². The first-order valence-corrected chi connectivity index (χ1v) is 4.56. The van der Waals surface area contributed by atoms with Gasteiger partial charge in [-0.25, -0.2) is 0 Å². The molecule has 0 aromatic carbocycles. The number of fused-ring (bicyclic) bond motifs is 2. The highest BCUT2D eigenvalue weighted by Gasteiger charge is 2.54. The van der Waals surface area contributed by atoms with E-state index in [1.165, 1.54) is 6.42 Å². The van der Waals surface area contributed by atoms with Gasteiger partial charge < -0.3 is 0 Å². The highest BCUT2D eigenvalue weighted by Crippen LogP contribution is 2.57. The first-order valence-electron chi connectivity index (χ1n) is 4.56. The fourth-order valence-corrected chi connectivity index (χ4v) is 2.86. The van der Waals surface area contributed by atoms with Gasteiger partial charge in [-0.3, -0.25) is 4.79 Å². The largest absolute Gasteiger partial charge is 0.299 e. The van der Waals surface area contributed by atoms with Gasteiger partial charge in [0.1, 0.15) is 5.78 Å². The summed E-state index contributed by atoms with van der Waals surface area (Å²) in [5, 5.41) is 0. The van der Waals surface area contributed by atoms with E-state index in [1.54, 1.807) is 0 Å². The molecule has 1 nitrogen and oxygen atoms in total. The summed E-state index contributed by atoms with van der Waals surface area (Å²) in [7, 11) is 0. The fraction of sp³-hybridized carbons (Fsp3) is 0.900. The Morgan fingerprint density at radius 3 is 2.45 bits per heavy atom. The van der Waals surface area contributed by atoms with Crippen LogP contribution in [0.2, 0.25) is 0 Å². The number of carbonyl (C=O) groups is 1. The zero-order valence-electron chi connectivity index (χ0n) is 7.55. The molecule has 2 saturated carbocycles. The van der Waals surface area contributed by atoms with Crippen LogP contribution >= 0.6 is 0 Å². The van der Waals surface area contributed by atoms with Crippen molar-refractivity contribution < 1.29 is 4.79 Å². The Hall–Kier alpha value is -0.330. The van der Waals surface area contributed by atoms with Crippen molar-refractivity contribution in [3.8, 4) is 0 Å². The minimum Gasteiger partial charge on any atom is -0.299 e. The maximum absolute atomic E-state index is 11.3. The Balaban J connectivity index is 2.31. The Kier molecular flexibility index (Phi) is 1.25. The topological polar surface area (TPSA) is 17.1 Å². The van der Waals surface area contributed by atoms with Crippen molar-refractivity contribution in [1.82, 2.24) is 0 Å². The second-order valence-electron chi connectivity index (χ2n) is 4.82. The third-order valence-corrected chi connectivity index (χ3v) is 4.23. The van der Waals surface area contributed by atoms with Crippen molar-refractivity contribution in [3.63, 3.8) is 0 Å². The molecular formula is C10H16O. The van der Waals surface area contributed by atoms with Crippen LogP contribution in [0, 0.1) is 23.2 Å². The van der Waals surface area contributed by atoms with Gasteiger partial charge in [-0.15, -0.1) is 0 Å². The molecule has 0 aliphatic heterocycles. The molecule has 62 valence electrons. The molecule has 11 heavy (non-hydrogen) atoms. The quantitative estimate of drug-likeness (QED) is 0.520. The van der Waals surface area contributed by atoms with E-state index in [9.17, 15) is 4.79 Å². The van der Waals surface area contributed by atoms with E-state index in [-0.39, 0.29) is 0 Å². The second-order valence-corrected chi connectivity index (χ2v) is 4.82. The molecule has 0 spiro atoms. The Bertz CT molecular complexity index is 201. The first-order chi connectivity index (χ1) is 5.03. The van der Waals surface area contributed by atoms with Gasteiger partial charge in [0, 0.05) is 12.3 Å². The Morgan fingerprint density at radius 2 is 2.09 bits per heavy atom. The Labute approximate surface area is 68.2 Å². The third-order valence-electron chi connectivity index (χ3n) is 4.23. The van der Waals surface area contributed by atoms with Crippen LogP contribution in [0.3, 0.4) is 0 Å². The number of hydrogen-bond acceptors (Lipinski definition) is 1. The zero-order chi connectivity index (χ0) is 8.22. The summed E-state index contributed by atoms with van der Waals surface area (Å²) in [4.78, 5) is 11.3. The molecule has 2 aliphatic rings. The molecule has 0 amide bonds. The van der Waals surface area contributed by atoms with Crippen molar-refractivity contribution in [2.24, 2.45) is 23.2 Å². The lowest BCUT2D eigenvalue weighted by atomic mass is 9.69. The van der Waals surface area contributed by atoms with Crippen LogP contribution in [0.15, 0.2) is 0 Å². The number of carbonyl (C=O) groups excluding carboxylic acids is 1. The lowest BCUT2D eigenvalue weighted by molar-refractivity contribution is -0.125. The minimum absolute atomic E-state index is 0.412. The van der Waals surface area contributed by atoms with Gasteiger partial charge in [-0.1, -0.05) is 20.8 Å². The number of Topliss-reactive ketones (excluding diaryl/α,β-unsaturated/α-hetero) is 1. The SMILES string of the molecule is C[C@@H]1[C@@H]2C[C@H](CC2=O)C1(C)C. The van der Waals surface area contributed by atoms with Crippen LogP contribution in [0.1, 0.15) is 33.6 Å². The van der Waals surface area contributed by atoms with Crippen molar-refractivity contribution in [1.29, 1.82) is 0 Å². The highest BCUT2D eigenvalue weighted by molar-refractivity contribution is 5.85. The lowest BCUT2D eigenvalue weighted by Crippen LogP contribution is -2.32. The summed E-state index contributed by atoms with van der Waals surface area (Å²) < 4.78 is 0. The van der Waals surface area contributed by atoms with E-state index in [0.717, 1.165) is 6.42 Å². The van der Waals surface area contributed by atoms with Crippen LogP contribution in [0.4, 0.5) is 0 Å². The molecule has 0 heterocycles. The summed E-state index contributed by atoms with van der Waals surface area (Å²) in [6, 6.07) is 0. The molecule has 0 aromatic heterocycles. The van der Waals surface area contributed by atoms with E-state index < -0.39 is 0 Å². The summed E-state index contributed by atoms with van der Waals surface area (Å²) in [5.74, 6) is 2.25. The molecule has 2 rings (SSSR count). The van der Waals surface area contributed by atoms with E-state index in [4.69, 9.17) is 0 Å². The average Bonchev–Trinajstić information content (AvgIpc) is 2.36. The second kappa shape index (κ2) is 1.88. The van der Waals surface area contributed by atoms with Gasteiger partial charge in [0.25, 0.3) is 0 Å². The van der Waals surface area contributed by atoms with Crippen LogP contribution in [0.25, 0.3) is 0 Å². The molecule has 1 heteroatoms. The standard InChI is InChI=1S/C10H16O/c1-6-8-4-7(5-9(8)11)10(6,2)3/h6-8H,4-5H2,1-3H3/t6-,7-,8+/m1/s1. The van der Waals surface area contributed by atoms with Gasteiger partial charge in [0.15, 0.2) is 0 Å². The van der Waals surface area contributed by atoms with Crippen molar-refractivity contribution in [2.45, 2.75) is 33.6 Å². The maximum atomic E-state index is 11.3. The molecule has 2 aliphatic carbocycles. The number of rotatable bonds is 0. The van der Waals surface area contributed by atoms with E-state index in [2.05, 4.69) is 20.8 Å². The Morgan fingerprint density at radius 1 is 1.45 bits per heavy atom. The average molecular weight is 152 g/mol. The molecule has 0 radical (unpaired) electrons. The normalized spacial score (nSPS) is 46.8. The van der Waals surface area contributed by atoms with E-state index in [0.29, 0.717) is 29.0 Å². The van der Waals surface area contributed by atoms with E-state index in [1.807, 2.05) is 0 Å². The summed E-state index contributed by atoms with van der Waals surface area (Å²) >= 11 is 0. The third kappa shape index (κ3) is 0.743. The molecule has 0 N–H and O–H groups in total. The monoisotopic (exact) mass is 152 g/mol. The van der Waals surface area contributed by atoms with Crippen LogP contribution in [0.5, 0.6) is 0 Å². The lowest BCUT2D eigenvalue weighted by Gasteiger charge is -2.35. The number of ketones is 1. The summed E-state index contributed by atoms with van der Waals surface area (Å²) in [6.45, 7) is 6.87. The highest BCUT2D eigenvalue weighted by atomic mass is 16.1. The molecular weight excluding hydrogens is 136 g/mol. The van der Waals surface area contributed by atoms with Crippen LogP contribution in [-0.2, 0) is 4.79 Å². The van der Waals surface area contributed by atoms with Gasteiger partial charge >= 0.3 is 0 Å². The van der Waals surface area contributed by atoms with Crippen molar-refractivity contribution in [3.05, 3.63) is 0 Å². The van der Waals surface area contributed by atoms with Crippen LogP contribution < -0.4 is 0 Å². The summed E-state index contributed by atoms with van der Waals surface area (Å²) in [6.07, 6.45) is 2.04. The van der Waals surface area contributed by atoms with Gasteiger partial charge in [-0.05, 0) is 23.7 Å². The molecule has 2 fully saturated rings. The smallest absolute Gasteiger partial charge is 0.136 e. The summed E-state index contributed by atoms with van der Waals surface area (Å²) in [5.41, 5.74) is 0.429. The zero-order valence-corrected chi connectivity index (χ0v) is 7.55. The minimum atomic E-state index is 0.412. The predicted molar refractivity (Wildman–Crippen MR) is 44.2 cm³/mol. The predicted octanol–water partition coefficient (Wildman–Crippen LogP) is 2.26. The number of hydrogen-bond donors (Lipinski definition) is 0. The molecule has 0 unspecified atom stereocenters. The van der Waals surface area contributed by atoms with Gasteiger partial charge in [0.05, 0.1) is 0 Å². The van der Waals surface area contributed by atoms with Crippen molar-refractivity contribution >= 4 is 5.78 Å². The molecule has 2 bridgehead atoms. The maximum Gasteiger partial charge on any atom is 0.136 e.